The van der Waals surface area contributed by atoms with E-state index >= 15 is 17.6 Å². The summed E-state index contributed by atoms with van der Waals surface area (Å²) >= 11 is 6.91. The number of halogens is 6. The van der Waals surface area contributed by atoms with Crippen molar-refractivity contribution >= 4 is 34.1 Å². The summed E-state index contributed by atoms with van der Waals surface area (Å²) in [6.07, 6.45) is -3.03. The van der Waals surface area contributed by atoms with E-state index in [2.05, 4.69) is 14.9 Å². The number of hydrogen-bond acceptors (Lipinski definition) is 10. The maximum Gasteiger partial charge on any atom is 0.418 e. The molecular formula is C45H48ClF5N6O4. The van der Waals surface area contributed by atoms with Gasteiger partial charge in [0.15, 0.2) is 5.82 Å². The van der Waals surface area contributed by atoms with Crippen LogP contribution in [0.4, 0.5) is 33.6 Å². The van der Waals surface area contributed by atoms with Gasteiger partial charge in [-0.1, -0.05) is 35.9 Å². The second-order valence-corrected chi connectivity index (χ2v) is 17.1. The smallest absolute Gasteiger partial charge is 0.418 e. The molecule has 8 rings (SSSR count). The standard InChI is InChI=1S/C45H48ClF5N6O4/c1-27-19-35(56(22-28-7-11-31(59-3)12-8-28)23-29-9-13-32(60-4)14-10-29)52-40(37(27)45(49,50)51)36-34(46)20-33-39(38(36)48)53-42(54-41(33)55-17-5-15-43(2,58)25-55)61-26-44-16-6-18-57(44)24-30(47)21-44/h7-14,19-20,30,58H,5-6,15-18,21-26H2,1-4H3/t30-,43?,44+/m1/s1. The van der Waals surface area contributed by atoms with E-state index in [1.54, 1.807) is 55.2 Å². The van der Waals surface area contributed by atoms with Crippen LogP contribution in [-0.4, -0.2) is 89.3 Å². The first kappa shape index (κ1) is 42.7. The highest BCUT2D eigenvalue weighted by atomic mass is 35.5. The molecule has 1 N–H and O–H groups in total. The molecule has 3 aliphatic heterocycles. The highest BCUT2D eigenvalue weighted by Gasteiger charge is 2.49. The highest BCUT2D eigenvalue weighted by molar-refractivity contribution is 6.34. The first-order chi connectivity index (χ1) is 29.1. The fraction of sp³-hybridized carbons (Fsp3) is 0.444. The number of aliphatic hydroxyl groups is 1. The van der Waals surface area contributed by atoms with Crippen LogP contribution in [0.15, 0.2) is 60.7 Å². The fourth-order valence-corrected chi connectivity index (χ4v) is 9.49. The van der Waals surface area contributed by atoms with Crippen LogP contribution in [0.1, 0.15) is 61.3 Å². The third-order valence-corrected chi connectivity index (χ3v) is 12.5. The fourth-order valence-electron chi connectivity index (χ4n) is 9.21. The van der Waals surface area contributed by atoms with E-state index in [-0.39, 0.29) is 78.3 Å². The molecule has 0 amide bonds. The van der Waals surface area contributed by atoms with Crippen molar-refractivity contribution in [3.63, 3.8) is 0 Å². The molecule has 10 nitrogen and oxygen atoms in total. The zero-order valence-corrected chi connectivity index (χ0v) is 35.2. The Kier molecular flexibility index (Phi) is 11.7. The Bertz CT molecular complexity index is 2350. The van der Waals surface area contributed by atoms with Crippen molar-refractivity contribution in [2.24, 2.45) is 0 Å². The summed E-state index contributed by atoms with van der Waals surface area (Å²) in [5.41, 5.74) is -3.00. The molecule has 3 fully saturated rings. The molecule has 324 valence electrons. The number of ether oxygens (including phenoxy) is 3. The normalized spacial score (nSPS) is 21.8. The number of benzene rings is 3. The van der Waals surface area contributed by atoms with Crippen molar-refractivity contribution in [2.45, 2.75) is 82.5 Å². The summed E-state index contributed by atoms with van der Waals surface area (Å²) in [6, 6.07) is 17.0. The number of aryl methyl sites for hydroxylation is 1. The third kappa shape index (κ3) is 8.74. The summed E-state index contributed by atoms with van der Waals surface area (Å²) in [5.74, 6) is 0.485. The van der Waals surface area contributed by atoms with Crippen LogP contribution in [0.2, 0.25) is 5.02 Å². The average molecular weight is 867 g/mol. The molecule has 0 spiro atoms. The second kappa shape index (κ2) is 16.7. The van der Waals surface area contributed by atoms with Gasteiger partial charge in [-0.05, 0) is 99.2 Å². The van der Waals surface area contributed by atoms with Crippen LogP contribution in [0.3, 0.4) is 0 Å². The summed E-state index contributed by atoms with van der Waals surface area (Å²) in [6.45, 7) is 5.09. The minimum Gasteiger partial charge on any atom is -0.497 e. The molecule has 3 atom stereocenters. The molecule has 5 aromatic rings. The maximum absolute atomic E-state index is 17.6. The van der Waals surface area contributed by atoms with Crippen LogP contribution >= 0.6 is 11.6 Å². The number of rotatable bonds is 12. The third-order valence-electron chi connectivity index (χ3n) is 12.2. The van der Waals surface area contributed by atoms with Crippen molar-refractivity contribution in [3.8, 4) is 28.8 Å². The van der Waals surface area contributed by atoms with Gasteiger partial charge in [0.05, 0.1) is 47.2 Å². The molecule has 3 aromatic carbocycles. The number of alkyl halides is 4. The van der Waals surface area contributed by atoms with Crippen LogP contribution < -0.4 is 24.0 Å². The highest BCUT2D eigenvalue weighted by Crippen LogP contribution is 2.46. The second-order valence-electron chi connectivity index (χ2n) is 16.7. The van der Waals surface area contributed by atoms with Crippen LogP contribution in [-0.2, 0) is 19.3 Å². The Morgan fingerprint density at radius 3 is 2.16 bits per heavy atom. The van der Waals surface area contributed by atoms with Gasteiger partial charge in [-0.15, -0.1) is 0 Å². The van der Waals surface area contributed by atoms with Crippen molar-refractivity contribution in [3.05, 3.63) is 93.8 Å². The van der Waals surface area contributed by atoms with Crippen LogP contribution in [0.25, 0.3) is 22.2 Å². The van der Waals surface area contributed by atoms with Gasteiger partial charge in [0.1, 0.15) is 41.4 Å². The predicted molar refractivity (Wildman–Crippen MR) is 224 cm³/mol. The lowest BCUT2D eigenvalue weighted by atomic mass is 9.94. The lowest BCUT2D eigenvalue weighted by Crippen LogP contribution is -2.46. The van der Waals surface area contributed by atoms with Gasteiger partial charge in [-0.3, -0.25) is 4.90 Å². The van der Waals surface area contributed by atoms with Crippen molar-refractivity contribution in [2.75, 3.05) is 56.8 Å². The molecule has 3 saturated heterocycles. The number of aromatic nitrogens is 3. The minimum atomic E-state index is -4.96. The molecule has 0 radical (unpaired) electrons. The van der Waals surface area contributed by atoms with Crippen molar-refractivity contribution in [1.29, 1.82) is 0 Å². The minimum absolute atomic E-state index is 0.0391. The first-order valence-electron chi connectivity index (χ1n) is 20.4. The molecule has 1 unspecified atom stereocenters. The van der Waals surface area contributed by atoms with Gasteiger partial charge < -0.3 is 29.1 Å². The predicted octanol–water partition coefficient (Wildman–Crippen LogP) is 9.34. The number of β-amino-alcohol motifs (C(OH)–C–C–N with tert-alkyl or cyclic N) is 1. The monoisotopic (exact) mass is 866 g/mol. The van der Waals surface area contributed by atoms with E-state index in [9.17, 15) is 9.50 Å². The average Bonchev–Trinajstić information content (AvgIpc) is 3.75. The molecular weight excluding hydrogens is 819 g/mol. The van der Waals surface area contributed by atoms with Gasteiger partial charge >= 0.3 is 12.2 Å². The van der Waals surface area contributed by atoms with Crippen LogP contribution in [0.5, 0.6) is 17.5 Å². The topological polar surface area (TPSA) is 96.3 Å². The first-order valence-corrected chi connectivity index (χ1v) is 20.7. The number of piperidine rings is 1. The largest absolute Gasteiger partial charge is 0.497 e. The Morgan fingerprint density at radius 2 is 1.56 bits per heavy atom. The number of nitrogens with zero attached hydrogens (tertiary/aromatic N) is 6. The number of anilines is 2. The van der Waals surface area contributed by atoms with Gasteiger partial charge in [0.25, 0.3) is 0 Å². The molecule has 61 heavy (non-hydrogen) atoms. The lowest BCUT2D eigenvalue weighted by Gasteiger charge is -2.38. The summed E-state index contributed by atoms with van der Waals surface area (Å²) in [7, 11) is 3.11. The zero-order chi connectivity index (χ0) is 43.3. The summed E-state index contributed by atoms with van der Waals surface area (Å²) in [4.78, 5) is 19.5. The molecule has 0 saturated carbocycles. The number of fused-ring (bicyclic) bond motifs is 2. The number of hydrogen-bond donors (Lipinski definition) is 1. The maximum atomic E-state index is 17.6. The molecule has 0 bridgehead atoms. The van der Waals surface area contributed by atoms with E-state index in [4.69, 9.17) is 30.8 Å². The van der Waals surface area contributed by atoms with Crippen molar-refractivity contribution in [1.82, 2.24) is 19.9 Å². The van der Waals surface area contributed by atoms with E-state index in [1.807, 2.05) is 24.3 Å². The quantitative estimate of drug-likeness (QED) is 0.122. The Labute approximate surface area is 356 Å². The Balaban J connectivity index is 1.28. The molecule has 3 aliphatic rings. The zero-order valence-electron chi connectivity index (χ0n) is 34.5. The number of pyridine rings is 1. The van der Waals surface area contributed by atoms with Gasteiger partial charge in [0.2, 0.25) is 0 Å². The molecule has 5 heterocycles. The van der Waals surface area contributed by atoms with Gasteiger partial charge in [-0.25, -0.2) is 13.8 Å². The van der Waals surface area contributed by atoms with E-state index in [0.717, 1.165) is 24.1 Å². The molecule has 2 aromatic heterocycles. The van der Waals surface area contributed by atoms with Gasteiger partial charge in [-0.2, -0.15) is 23.1 Å². The number of methoxy groups -OCH3 is 2. The molecule has 0 aliphatic carbocycles. The van der Waals surface area contributed by atoms with E-state index in [1.165, 1.54) is 19.1 Å². The van der Waals surface area contributed by atoms with E-state index in [0.29, 0.717) is 37.3 Å². The summed E-state index contributed by atoms with van der Waals surface area (Å²) < 4.78 is 94.8. The SMILES string of the molecule is COc1ccc(CN(Cc2ccc(OC)cc2)c2cc(C)c(C(F)(F)F)c(-c3c(Cl)cc4c(N5CCCC(C)(O)C5)nc(OC[C@@]56CCCN5C[C@H](F)C6)nc4c3F)n2)cc1. The lowest BCUT2D eigenvalue weighted by molar-refractivity contribution is -0.137. The Morgan fingerprint density at radius 1 is 0.918 bits per heavy atom. The van der Waals surface area contributed by atoms with Crippen LogP contribution in [0, 0.1) is 12.7 Å². The van der Waals surface area contributed by atoms with E-state index < -0.39 is 46.1 Å². The molecule has 16 heteroatoms. The Hall–Kier alpha value is -4.99. The van der Waals surface area contributed by atoms with Gasteiger partial charge in [0, 0.05) is 44.5 Å². The summed E-state index contributed by atoms with van der Waals surface area (Å²) in [5, 5.41) is 10.9. The van der Waals surface area contributed by atoms with Crippen molar-refractivity contribution < 1.29 is 41.3 Å².